The van der Waals surface area contributed by atoms with Crippen molar-refractivity contribution in [2.75, 3.05) is 26.2 Å². The van der Waals surface area contributed by atoms with Gasteiger partial charge >= 0.3 is 0 Å². The fourth-order valence-electron chi connectivity index (χ4n) is 1.89. The van der Waals surface area contributed by atoms with Crippen LogP contribution in [-0.4, -0.2) is 26.2 Å². The van der Waals surface area contributed by atoms with Crippen LogP contribution in [0.15, 0.2) is 0 Å². The summed E-state index contributed by atoms with van der Waals surface area (Å²) in [5, 5.41) is 6.96. The van der Waals surface area contributed by atoms with Gasteiger partial charge in [-0.1, -0.05) is 19.8 Å². The Morgan fingerprint density at radius 1 is 1.23 bits per heavy atom. The first-order valence-electron chi connectivity index (χ1n) is 5.85. The fraction of sp³-hybridized carbons (Fsp3) is 1.00. The maximum atomic E-state index is 3.56. The lowest BCUT2D eigenvalue weighted by Crippen LogP contribution is -2.33. The van der Waals surface area contributed by atoms with Crippen molar-refractivity contribution in [3.05, 3.63) is 0 Å². The number of nitrogens with one attached hydrogen (secondary N) is 2. The molecule has 0 spiro atoms. The average molecular weight is 184 g/mol. The molecule has 2 heteroatoms. The first-order valence-corrected chi connectivity index (χ1v) is 5.85. The third-order valence-corrected chi connectivity index (χ3v) is 2.85. The highest BCUT2D eigenvalue weighted by molar-refractivity contribution is 4.70. The van der Waals surface area contributed by atoms with Crippen LogP contribution in [-0.2, 0) is 0 Å². The van der Waals surface area contributed by atoms with Gasteiger partial charge in [0.05, 0.1) is 0 Å². The summed E-state index contributed by atoms with van der Waals surface area (Å²) in [6.45, 7) is 7.17. The van der Waals surface area contributed by atoms with Crippen LogP contribution in [0.2, 0.25) is 0 Å². The standard InChI is InChI=1S/C11H24N2/c1-2-3-4-7-13-10-11-5-8-12-9-6-11/h11-13H,2-10H2,1H3. The Kier molecular flexibility index (Phi) is 6.21. The lowest BCUT2D eigenvalue weighted by atomic mass is 9.98. The highest BCUT2D eigenvalue weighted by Gasteiger charge is 2.11. The summed E-state index contributed by atoms with van der Waals surface area (Å²) < 4.78 is 0. The summed E-state index contributed by atoms with van der Waals surface area (Å²) >= 11 is 0. The van der Waals surface area contributed by atoms with Crippen LogP contribution < -0.4 is 10.6 Å². The fourth-order valence-corrected chi connectivity index (χ4v) is 1.89. The maximum Gasteiger partial charge on any atom is -0.00196 e. The zero-order chi connectivity index (χ0) is 9.36. The van der Waals surface area contributed by atoms with E-state index in [1.165, 1.54) is 58.3 Å². The van der Waals surface area contributed by atoms with Gasteiger partial charge in [0.2, 0.25) is 0 Å². The van der Waals surface area contributed by atoms with E-state index < -0.39 is 0 Å². The summed E-state index contributed by atoms with van der Waals surface area (Å²) in [5.74, 6) is 0.933. The normalized spacial score (nSPS) is 19.2. The van der Waals surface area contributed by atoms with E-state index in [0.717, 1.165) is 5.92 Å². The monoisotopic (exact) mass is 184 g/mol. The Hall–Kier alpha value is -0.0800. The van der Waals surface area contributed by atoms with Crippen LogP contribution in [0.1, 0.15) is 39.0 Å². The zero-order valence-corrected chi connectivity index (χ0v) is 8.94. The quantitative estimate of drug-likeness (QED) is 0.615. The Balaban J connectivity index is 1.86. The molecule has 1 fully saturated rings. The summed E-state index contributed by atoms with van der Waals surface area (Å²) in [5.41, 5.74) is 0. The molecule has 1 aliphatic heterocycles. The molecule has 0 amide bonds. The van der Waals surface area contributed by atoms with Crippen LogP contribution in [0, 0.1) is 5.92 Å². The van der Waals surface area contributed by atoms with Gasteiger partial charge in [-0.25, -0.2) is 0 Å². The Labute approximate surface area is 82.5 Å². The number of unbranched alkanes of at least 4 members (excludes halogenated alkanes) is 2. The molecule has 1 rings (SSSR count). The smallest absolute Gasteiger partial charge is 0.00196 e. The predicted octanol–water partition coefficient (Wildman–Crippen LogP) is 1.77. The molecule has 0 aliphatic carbocycles. The molecule has 1 heterocycles. The molecule has 0 aromatic carbocycles. The van der Waals surface area contributed by atoms with E-state index in [4.69, 9.17) is 0 Å². The first-order chi connectivity index (χ1) is 6.43. The Morgan fingerprint density at radius 3 is 2.69 bits per heavy atom. The minimum Gasteiger partial charge on any atom is -0.317 e. The van der Waals surface area contributed by atoms with E-state index in [-0.39, 0.29) is 0 Å². The summed E-state index contributed by atoms with van der Waals surface area (Å²) in [7, 11) is 0. The molecule has 0 unspecified atom stereocenters. The average Bonchev–Trinajstić information content (AvgIpc) is 2.19. The van der Waals surface area contributed by atoms with Gasteiger partial charge in [-0.2, -0.15) is 0 Å². The molecule has 0 radical (unpaired) electrons. The van der Waals surface area contributed by atoms with E-state index in [1.54, 1.807) is 0 Å². The van der Waals surface area contributed by atoms with Crippen molar-refractivity contribution in [2.24, 2.45) is 5.92 Å². The van der Waals surface area contributed by atoms with Crippen LogP contribution in [0.4, 0.5) is 0 Å². The van der Waals surface area contributed by atoms with Crippen molar-refractivity contribution in [1.82, 2.24) is 10.6 Å². The van der Waals surface area contributed by atoms with Crippen LogP contribution in [0.25, 0.3) is 0 Å². The molecule has 2 N–H and O–H groups in total. The maximum absolute atomic E-state index is 3.56. The molecule has 1 saturated heterocycles. The highest BCUT2D eigenvalue weighted by Crippen LogP contribution is 2.09. The Morgan fingerprint density at radius 2 is 2.00 bits per heavy atom. The topological polar surface area (TPSA) is 24.1 Å². The van der Waals surface area contributed by atoms with Gasteiger partial charge in [0.25, 0.3) is 0 Å². The van der Waals surface area contributed by atoms with Crippen LogP contribution in [0.3, 0.4) is 0 Å². The summed E-state index contributed by atoms with van der Waals surface area (Å²) in [6.07, 6.45) is 6.78. The molecule has 1 aliphatic rings. The van der Waals surface area contributed by atoms with Crippen molar-refractivity contribution in [1.29, 1.82) is 0 Å². The predicted molar refractivity (Wildman–Crippen MR) is 58.0 cm³/mol. The lowest BCUT2D eigenvalue weighted by molar-refractivity contribution is 0.356. The van der Waals surface area contributed by atoms with Crippen LogP contribution in [0.5, 0.6) is 0 Å². The minimum atomic E-state index is 0.933. The molecule has 0 aromatic rings. The van der Waals surface area contributed by atoms with Gasteiger partial charge in [0.15, 0.2) is 0 Å². The van der Waals surface area contributed by atoms with Crippen molar-refractivity contribution in [3.63, 3.8) is 0 Å². The van der Waals surface area contributed by atoms with E-state index in [9.17, 15) is 0 Å². The van der Waals surface area contributed by atoms with E-state index in [2.05, 4.69) is 17.6 Å². The third-order valence-electron chi connectivity index (χ3n) is 2.85. The van der Waals surface area contributed by atoms with Gasteiger partial charge in [-0.15, -0.1) is 0 Å². The highest BCUT2D eigenvalue weighted by atomic mass is 14.9. The van der Waals surface area contributed by atoms with Crippen molar-refractivity contribution in [2.45, 2.75) is 39.0 Å². The second kappa shape index (κ2) is 7.34. The molecule has 2 nitrogen and oxygen atoms in total. The van der Waals surface area contributed by atoms with E-state index in [1.807, 2.05) is 0 Å². The third kappa shape index (κ3) is 5.27. The number of hydrogen-bond donors (Lipinski definition) is 2. The van der Waals surface area contributed by atoms with Gasteiger partial charge in [0.1, 0.15) is 0 Å². The minimum absolute atomic E-state index is 0.933. The second-order valence-electron chi connectivity index (χ2n) is 4.10. The van der Waals surface area contributed by atoms with Crippen molar-refractivity contribution in [3.8, 4) is 0 Å². The molecule has 78 valence electrons. The lowest BCUT2D eigenvalue weighted by Gasteiger charge is -2.22. The van der Waals surface area contributed by atoms with Gasteiger partial charge in [0, 0.05) is 0 Å². The molecular weight excluding hydrogens is 160 g/mol. The SMILES string of the molecule is CCCCCNCC1CCNCC1. The van der Waals surface area contributed by atoms with Gasteiger partial charge in [-0.3, -0.25) is 0 Å². The molecular formula is C11H24N2. The molecule has 13 heavy (non-hydrogen) atoms. The van der Waals surface area contributed by atoms with Crippen molar-refractivity contribution >= 4 is 0 Å². The van der Waals surface area contributed by atoms with Gasteiger partial charge < -0.3 is 10.6 Å². The number of rotatable bonds is 6. The summed E-state index contributed by atoms with van der Waals surface area (Å²) in [4.78, 5) is 0. The number of piperidine rings is 1. The second-order valence-corrected chi connectivity index (χ2v) is 4.10. The molecule has 0 bridgehead atoms. The van der Waals surface area contributed by atoms with E-state index in [0.29, 0.717) is 0 Å². The number of hydrogen-bond acceptors (Lipinski definition) is 2. The molecule has 0 atom stereocenters. The largest absolute Gasteiger partial charge is 0.317 e. The Bertz CT molecular complexity index is 109. The van der Waals surface area contributed by atoms with Crippen LogP contribution >= 0.6 is 0 Å². The molecule has 0 aromatic heterocycles. The van der Waals surface area contributed by atoms with Gasteiger partial charge in [-0.05, 0) is 51.4 Å². The summed E-state index contributed by atoms with van der Waals surface area (Å²) in [6, 6.07) is 0. The first kappa shape index (κ1) is 11.0. The van der Waals surface area contributed by atoms with E-state index >= 15 is 0 Å². The van der Waals surface area contributed by atoms with Crippen molar-refractivity contribution < 1.29 is 0 Å². The molecule has 0 saturated carbocycles. The zero-order valence-electron chi connectivity index (χ0n) is 8.94.